The summed E-state index contributed by atoms with van der Waals surface area (Å²) in [6, 6.07) is 13.2. The van der Waals surface area contributed by atoms with Crippen molar-refractivity contribution in [2.45, 2.75) is 32.9 Å². The van der Waals surface area contributed by atoms with Crippen molar-refractivity contribution < 1.29 is 9.59 Å². The molecule has 0 spiro atoms. The first-order valence-electron chi connectivity index (χ1n) is 10.4. The predicted octanol–water partition coefficient (Wildman–Crippen LogP) is 2.80. The predicted molar refractivity (Wildman–Crippen MR) is 113 cm³/mol. The Balaban J connectivity index is 1.47. The number of hydrogen-bond acceptors (Lipinski definition) is 4. The minimum Gasteiger partial charge on any atom is -0.353 e. The van der Waals surface area contributed by atoms with Crippen molar-refractivity contribution in [1.29, 1.82) is 0 Å². The highest BCUT2D eigenvalue weighted by Crippen LogP contribution is 2.28. The second-order valence-electron chi connectivity index (χ2n) is 8.24. The van der Waals surface area contributed by atoms with Gasteiger partial charge >= 0.3 is 0 Å². The van der Waals surface area contributed by atoms with E-state index in [1.165, 1.54) is 0 Å². The van der Waals surface area contributed by atoms with Crippen LogP contribution in [0.15, 0.2) is 48.7 Å². The van der Waals surface area contributed by atoms with E-state index in [4.69, 9.17) is 0 Å². The molecule has 1 atom stereocenters. The van der Waals surface area contributed by atoms with Gasteiger partial charge in [0.2, 0.25) is 5.91 Å². The summed E-state index contributed by atoms with van der Waals surface area (Å²) in [6.07, 6.45) is 2.47. The first-order chi connectivity index (χ1) is 14.0. The second kappa shape index (κ2) is 8.23. The van der Waals surface area contributed by atoms with E-state index in [2.05, 4.69) is 23.7 Å². The van der Waals surface area contributed by atoms with Gasteiger partial charge in [0.05, 0.1) is 0 Å². The van der Waals surface area contributed by atoms with Crippen LogP contribution in [0.1, 0.15) is 36.2 Å². The molecule has 2 amide bonds. The Morgan fingerprint density at radius 3 is 2.41 bits per heavy atom. The van der Waals surface area contributed by atoms with Crippen molar-refractivity contribution in [2.75, 3.05) is 31.1 Å². The number of fused-ring (bicyclic) bond motifs is 1. The number of pyridine rings is 1. The van der Waals surface area contributed by atoms with Crippen molar-refractivity contribution in [3.05, 3.63) is 59.8 Å². The van der Waals surface area contributed by atoms with Crippen LogP contribution in [0.25, 0.3) is 0 Å². The molecular formula is C23H28N4O2. The zero-order valence-corrected chi connectivity index (χ0v) is 17.1. The summed E-state index contributed by atoms with van der Waals surface area (Å²) >= 11 is 0. The van der Waals surface area contributed by atoms with Crippen LogP contribution in [0.5, 0.6) is 0 Å². The summed E-state index contributed by atoms with van der Waals surface area (Å²) < 4.78 is 0. The number of amides is 2. The van der Waals surface area contributed by atoms with Crippen molar-refractivity contribution >= 4 is 17.6 Å². The van der Waals surface area contributed by atoms with Gasteiger partial charge in [-0.05, 0) is 36.1 Å². The molecule has 3 heterocycles. The quantitative estimate of drug-likeness (QED) is 0.785. The van der Waals surface area contributed by atoms with E-state index in [1.807, 2.05) is 47.4 Å². The van der Waals surface area contributed by atoms with Gasteiger partial charge in [-0.1, -0.05) is 38.1 Å². The fourth-order valence-electron chi connectivity index (χ4n) is 4.24. The maximum atomic E-state index is 13.5. The van der Waals surface area contributed by atoms with Crippen LogP contribution in [0.3, 0.4) is 0 Å². The third kappa shape index (κ3) is 3.97. The fraction of sp³-hybridized carbons (Fsp3) is 0.435. The Morgan fingerprint density at radius 1 is 1.03 bits per heavy atom. The van der Waals surface area contributed by atoms with Crippen LogP contribution in [-0.4, -0.2) is 58.8 Å². The molecule has 4 rings (SSSR count). The van der Waals surface area contributed by atoms with E-state index < -0.39 is 6.04 Å². The summed E-state index contributed by atoms with van der Waals surface area (Å²) in [5, 5.41) is 0. The SMILES string of the molecule is CC(C)C[C@@H](C(=O)N1CCN(c2ccccn2)CC1)N1Cc2ccccc2C1=O. The van der Waals surface area contributed by atoms with Gasteiger partial charge in [0.1, 0.15) is 11.9 Å². The molecule has 0 saturated carbocycles. The largest absolute Gasteiger partial charge is 0.353 e. The topological polar surface area (TPSA) is 56.8 Å². The fourth-order valence-corrected chi connectivity index (χ4v) is 4.24. The monoisotopic (exact) mass is 392 g/mol. The van der Waals surface area contributed by atoms with Gasteiger partial charge in [0, 0.05) is 44.5 Å². The van der Waals surface area contributed by atoms with Gasteiger partial charge in [0.25, 0.3) is 5.91 Å². The van der Waals surface area contributed by atoms with E-state index in [9.17, 15) is 9.59 Å². The Kier molecular flexibility index (Phi) is 5.51. The molecule has 2 aliphatic heterocycles. The molecular weight excluding hydrogens is 364 g/mol. The number of benzene rings is 1. The third-order valence-electron chi connectivity index (χ3n) is 5.77. The number of hydrogen-bond donors (Lipinski definition) is 0. The Bertz CT molecular complexity index is 875. The first kappa shape index (κ1) is 19.4. The molecule has 1 saturated heterocycles. The van der Waals surface area contributed by atoms with Gasteiger partial charge in [-0.3, -0.25) is 9.59 Å². The smallest absolute Gasteiger partial charge is 0.255 e. The zero-order valence-electron chi connectivity index (χ0n) is 17.1. The molecule has 1 aromatic heterocycles. The average Bonchev–Trinajstić information content (AvgIpc) is 3.09. The maximum absolute atomic E-state index is 13.5. The summed E-state index contributed by atoms with van der Waals surface area (Å²) in [5.74, 6) is 1.33. The lowest BCUT2D eigenvalue weighted by molar-refractivity contribution is -0.137. The molecule has 6 heteroatoms. The van der Waals surface area contributed by atoms with E-state index in [0.717, 1.165) is 30.0 Å². The molecule has 0 unspecified atom stereocenters. The Morgan fingerprint density at radius 2 is 1.76 bits per heavy atom. The highest BCUT2D eigenvalue weighted by molar-refractivity contribution is 6.01. The molecule has 0 N–H and O–H groups in total. The van der Waals surface area contributed by atoms with Crippen LogP contribution in [0, 0.1) is 5.92 Å². The standard InChI is InChI=1S/C23H28N4O2/c1-17(2)15-20(27-16-18-7-3-4-8-19(18)22(27)28)23(29)26-13-11-25(12-14-26)21-9-5-6-10-24-21/h3-10,17,20H,11-16H2,1-2H3/t20-/m0/s1. The normalized spacial score (nSPS) is 17.6. The van der Waals surface area contributed by atoms with E-state index >= 15 is 0 Å². The Labute approximate surface area is 172 Å². The summed E-state index contributed by atoms with van der Waals surface area (Å²) in [7, 11) is 0. The van der Waals surface area contributed by atoms with Crippen LogP contribution >= 0.6 is 0 Å². The van der Waals surface area contributed by atoms with E-state index in [-0.39, 0.29) is 11.8 Å². The minimum absolute atomic E-state index is 0.0216. The number of anilines is 1. The number of rotatable bonds is 5. The van der Waals surface area contributed by atoms with Crippen molar-refractivity contribution in [1.82, 2.24) is 14.8 Å². The lowest BCUT2D eigenvalue weighted by Gasteiger charge is -2.39. The average molecular weight is 393 g/mol. The molecule has 1 aromatic carbocycles. The molecule has 152 valence electrons. The maximum Gasteiger partial charge on any atom is 0.255 e. The highest BCUT2D eigenvalue weighted by Gasteiger charge is 2.38. The molecule has 0 bridgehead atoms. The molecule has 0 radical (unpaired) electrons. The van der Waals surface area contributed by atoms with Crippen LogP contribution < -0.4 is 4.90 Å². The van der Waals surface area contributed by atoms with Gasteiger partial charge in [-0.2, -0.15) is 0 Å². The van der Waals surface area contributed by atoms with Crippen LogP contribution in [0.2, 0.25) is 0 Å². The number of carbonyl (C=O) groups is 2. The van der Waals surface area contributed by atoms with E-state index in [1.54, 1.807) is 11.1 Å². The van der Waals surface area contributed by atoms with Gasteiger partial charge in [-0.15, -0.1) is 0 Å². The van der Waals surface area contributed by atoms with Crippen molar-refractivity contribution in [3.8, 4) is 0 Å². The first-order valence-corrected chi connectivity index (χ1v) is 10.4. The minimum atomic E-state index is -0.406. The molecule has 0 aliphatic carbocycles. The Hall–Kier alpha value is -2.89. The van der Waals surface area contributed by atoms with Crippen LogP contribution in [-0.2, 0) is 11.3 Å². The number of nitrogens with zero attached hydrogens (tertiary/aromatic N) is 4. The molecule has 6 nitrogen and oxygen atoms in total. The highest BCUT2D eigenvalue weighted by atomic mass is 16.2. The second-order valence-corrected chi connectivity index (χ2v) is 8.24. The number of aromatic nitrogens is 1. The molecule has 2 aliphatic rings. The summed E-state index contributed by atoms with van der Waals surface area (Å²) in [4.78, 5) is 36.8. The molecule has 1 fully saturated rings. The van der Waals surface area contributed by atoms with Crippen molar-refractivity contribution in [3.63, 3.8) is 0 Å². The van der Waals surface area contributed by atoms with Gasteiger partial charge in [0.15, 0.2) is 0 Å². The third-order valence-corrected chi connectivity index (χ3v) is 5.77. The number of carbonyl (C=O) groups excluding carboxylic acids is 2. The summed E-state index contributed by atoms with van der Waals surface area (Å²) in [6.45, 7) is 7.54. The van der Waals surface area contributed by atoms with Gasteiger partial charge in [-0.25, -0.2) is 4.98 Å². The molecule has 29 heavy (non-hydrogen) atoms. The molecule has 2 aromatic rings. The van der Waals surface area contributed by atoms with Crippen molar-refractivity contribution in [2.24, 2.45) is 5.92 Å². The van der Waals surface area contributed by atoms with Crippen LogP contribution in [0.4, 0.5) is 5.82 Å². The van der Waals surface area contributed by atoms with E-state index in [0.29, 0.717) is 32.0 Å². The lowest BCUT2D eigenvalue weighted by Crippen LogP contribution is -2.55. The zero-order chi connectivity index (χ0) is 20.4. The number of piperazine rings is 1. The summed E-state index contributed by atoms with van der Waals surface area (Å²) in [5.41, 5.74) is 1.74. The van der Waals surface area contributed by atoms with Gasteiger partial charge < -0.3 is 14.7 Å². The lowest BCUT2D eigenvalue weighted by atomic mass is 10.0.